The maximum absolute atomic E-state index is 13.0. The Morgan fingerprint density at radius 3 is 2.50 bits per heavy atom. The number of hydrogen-bond donors (Lipinski definition) is 7. The number of carbonyl (C=O) groups excluding carboxylic acids is 4. The van der Waals surface area contributed by atoms with Gasteiger partial charge in [-0.15, -0.1) is 0 Å². The molecule has 1 saturated carbocycles. The van der Waals surface area contributed by atoms with Gasteiger partial charge in [-0.2, -0.15) is 0 Å². The van der Waals surface area contributed by atoms with Gasteiger partial charge in [0.05, 0.1) is 29.8 Å². The highest BCUT2D eigenvalue weighted by molar-refractivity contribution is 5.97. The van der Waals surface area contributed by atoms with Crippen LogP contribution in [0.2, 0.25) is 0 Å². The molecule has 3 aromatic rings. The van der Waals surface area contributed by atoms with Crippen molar-refractivity contribution in [1.82, 2.24) is 25.8 Å². The number of aromatic hydroxyl groups is 1. The Kier molecular flexibility index (Phi) is 7.18. The van der Waals surface area contributed by atoms with E-state index in [0.29, 0.717) is 30.2 Å². The minimum Gasteiger partial charge on any atom is -0.504 e. The molecule has 7 N–H and O–H groups in total. The Morgan fingerprint density at radius 2 is 1.77 bits per heavy atom. The Bertz CT molecular complexity index is 1870. The van der Waals surface area contributed by atoms with Crippen LogP contribution >= 0.6 is 0 Å². The quantitative estimate of drug-likeness (QED) is 0.170. The van der Waals surface area contributed by atoms with Crippen molar-refractivity contribution in [3.05, 3.63) is 52.7 Å². The topological polar surface area (TPSA) is 185 Å². The van der Waals surface area contributed by atoms with Crippen LogP contribution in [0, 0.1) is 5.92 Å². The molecule has 0 radical (unpaired) electrons. The van der Waals surface area contributed by atoms with Crippen molar-refractivity contribution in [2.24, 2.45) is 5.92 Å². The molecule has 252 valence electrons. The summed E-state index contributed by atoms with van der Waals surface area (Å²) in [5.41, 5.74) is 3.53. The normalized spacial score (nSPS) is 26.2. The molecule has 0 unspecified atom stereocenters. The van der Waals surface area contributed by atoms with Crippen LogP contribution in [-0.2, 0) is 37.4 Å². The summed E-state index contributed by atoms with van der Waals surface area (Å²) < 4.78 is 6.66. The van der Waals surface area contributed by atoms with E-state index in [1.165, 1.54) is 19.9 Å². The number of likely N-dealkylation sites (tertiary alicyclic amines) is 1. The van der Waals surface area contributed by atoms with Crippen LogP contribution in [0.1, 0.15) is 60.6 Å². The zero-order valence-electron chi connectivity index (χ0n) is 26.8. The number of aromatic nitrogens is 1. The first-order valence-electron chi connectivity index (χ1n) is 16.8. The van der Waals surface area contributed by atoms with Crippen LogP contribution in [0.3, 0.4) is 0 Å². The molecule has 3 heterocycles. The molecule has 4 amide bonds. The number of amides is 4. The highest BCUT2D eigenvalue weighted by Crippen LogP contribution is 2.69. The number of piperidine rings is 1. The average Bonchev–Trinajstić information content (AvgIpc) is 3.72. The molecular weight excluding hydrogens is 616 g/mol. The van der Waals surface area contributed by atoms with Gasteiger partial charge in [0.1, 0.15) is 0 Å². The highest BCUT2D eigenvalue weighted by Gasteiger charge is 2.72. The summed E-state index contributed by atoms with van der Waals surface area (Å²) in [5, 5.41) is 35.0. The number of hydrogen-bond acceptors (Lipinski definition) is 8. The zero-order valence-corrected chi connectivity index (χ0v) is 26.8. The van der Waals surface area contributed by atoms with Crippen LogP contribution in [0.5, 0.6) is 11.5 Å². The molecule has 13 nitrogen and oxygen atoms in total. The van der Waals surface area contributed by atoms with Gasteiger partial charge in [0.15, 0.2) is 17.6 Å². The lowest BCUT2D eigenvalue weighted by Crippen LogP contribution is -2.74. The molecule has 1 spiro atoms. The summed E-state index contributed by atoms with van der Waals surface area (Å²) in [5.74, 6) is -0.393. The molecule has 8 rings (SSSR count). The number of nitrogens with zero attached hydrogens (tertiary/aromatic N) is 1. The maximum Gasteiger partial charge on any atom is 0.243 e. The number of likely N-dealkylation sites (N-methyl/N-ethyl adjacent to an activating group) is 1. The van der Waals surface area contributed by atoms with Crippen molar-refractivity contribution < 1.29 is 34.1 Å². The van der Waals surface area contributed by atoms with Crippen molar-refractivity contribution in [2.75, 3.05) is 38.5 Å². The van der Waals surface area contributed by atoms with Gasteiger partial charge >= 0.3 is 0 Å². The van der Waals surface area contributed by atoms with Crippen LogP contribution in [0.25, 0.3) is 10.9 Å². The Morgan fingerprint density at radius 1 is 1.02 bits per heavy atom. The minimum absolute atomic E-state index is 0.0650. The monoisotopic (exact) mass is 656 g/mol. The number of fused-ring (bicyclic) bond motifs is 4. The first kappa shape index (κ1) is 30.7. The first-order chi connectivity index (χ1) is 23.1. The van der Waals surface area contributed by atoms with Crippen LogP contribution in [-0.4, -0.2) is 88.6 Å². The molecule has 5 aliphatic rings. The summed E-state index contributed by atoms with van der Waals surface area (Å²) in [6, 6.07) is 9.22. The second kappa shape index (κ2) is 11.2. The molecule has 3 aliphatic carbocycles. The predicted octanol–water partition coefficient (Wildman–Crippen LogP) is 1.27. The number of phenols is 1. The predicted molar refractivity (Wildman–Crippen MR) is 174 cm³/mol. The molecule has 1 saturated heterocycles. The largest absolute Gasteiger partial charge is 0.504 e. The summed E-state index contributed by atoms with van der Waals surface area (Å²) in [6.45, 7) is 1.42. The lowest BCUT2D eigenvalue weighted by Gasteiger charge is -2.62. The van der Waals surface area contributed by atoms with Gasteiger partial charge in [-0.3, -0.25) is 24.1 Å². The number of phenolic OH excluding ortho intramolecular Hbond substituents is 1. The SMILES string of the molecule is CNC(=O)CNC(=O)CCC(=O)NCC(=O)Nc1ccc2c3c([nH]c2c1)[C@@H]1Oc2c(O)ccc4c2[C@@]12CCN(CC1CC1)[C@@H](C4)[C@]2(O)C3. The third kappa shape index (κ3) is 4.73. The molecule has 1 aromatic heterocycles. The van der Waals surface area contributed by atoms with E-state index in [-0.39, 0.29) is 43.6 Å². The third-order valence-corrected chi connectivity index (χ3v) is 11.2. The number of carbonyl (C=O) groups is 4. The summed E-state index contributed by atoms with van der Waals surface area (Å²) in [6.07, 6.45) is 3.64. The standard InChI is InChI=1S/C35H40N6O7/c1-36-28(45)15-37-26(43)8-9-27(44)38-16-29(46)39-20-5-6-21-22-14-35(47)25-12-19-4-7-24(42)32-30(19)34(35,10-11-41(25)17-18-2-3-18)33(48-32)31(22)40-23(21)13-20/h4-7,13,18,25,33,40,42,47H,2-3,8-12,14-17H2,1H3,(H,36,45)(H,37,43)(H,38,44)(H,39,46)/t25-,33-,34-,35+/m0/s1. The number of nitrogens with one attached hydrogen (secondary N) is 5. The number of rotatable bonds is 10. The van der Waals surface area contributed by atoms with Crippen molar-refractivity contribution in [3.8, 4) is 11.5 Å². The minimum atomic E-state index is -1.09. The summed E-state index contributed by atoms with van der Waals surface area (Å²) >= 11 is 0. The van der Waals surface area contributed by atoms with E-state index >= 15 is 0 Å². The van der Waals surface area contributed by atoms with E-state index < -0.39 is 34.8 Å². The molecular formula is C35H40N6O7. The summed E-state index contributed by atoms with van der Waals surface area (Å²) in [4.78, 5) is 54.1. The summed E-state index contributed by atoms with van der Waals surface area (Å²) in [7, 11) is 1.46. The molecule has 48 heavy (non-hydrogen) atoms. The van der Waals surface area contributed by atoms with Crippen LogP contribution < -0.4 is 26.0 Å². The van der Waals surface area contributed by atoms with E-state index in [2.05, 4.69) is 31.2 Å². The highest BCUT2D eigenvalue weighted by atomic mass is 16.5. The number of H-pyrrole nitrogens is 1. The lowest BCUT2D eigenvalue weighted by atomic mass is 9.49. The second-order valence-corrected chi connectivity index (χ2v) is 14.0. The number of anilines is 1. The van der Waals surface area contributed by atoms with Crippen molar-refractivity contribution >= 4 is 40.2 Å². The van der Waals surface area contributed by atoms with E-state index in [1.54, 1.807) is 12.1 Å². The Balaban J connectivity index is 1.01. The van der Waals surface area contributed by atoms with Gasteiger partial charge in [-0.05, 0) is 67.5 Å². The number of ether oxygens (including phenoxy) is 1. The fraction of sp³-hybridized carbons (Fsp3) is 0.486. The van der Waals surface area contributed by atoms with Crippen LogP contribution in [0.4, 0.5) is 5.69 Å². The van der Waals surface area contributed by atoms with E-state index in [1.807, 2.05) is 18.2 Å². The van der Waals surface area contributed by atoms with Gasteiger partial charge in [0.25, 0.3) is 0 Å². The van der Waals surface area contributed by atoms with Gasteiger partial charge in [-0.1, -0.05) is 12.1 Å². The third-order valence-electron chi connectivity index (χ3n) is 11.2. The Hall–Kier alpha value is -4.62. The molecule has 2 fully saturated rings. The maximum atomic E-state index is 13.0. The number of aromatic amines is 1. The second-order valence-electron chi connectivity index (χ2n) is 14.0. The molecule has 4 atom stereocenters. The molecule has 2 aliphatic heterocycles. The van der Waals surface area contributed by atoms with Gasteiger partial charge in [0, 0.05) is 61.1 Å². The van der Waals surface area contributed by atoms with E-state index in [4.69, 9.17) is 4.74 Å². The van der Waals surface area contributed by atoms with Crippen molar-refractivity contribution in [3.63, 3.8) is 0 Å². The van der Waals surface area contributed by atoms with Crippen molar-refractivity contribution in [1.29, 1.82) is 0 Å². The molecule has 2 bridgehead atoms. The fourth-order valence-corrected chi connectivity index (χ4v) is 8.76. The first-order valence-corrected chi connectivity index (χ1v) is 16.8. The van der Waals surface area contributed by atoms with Gasteiger partial charge in [0.2, 0.25) is 23.6 Å². The fourth-order valence-electron chi connectivity index (χ4n) is 8.76. The average molecular weight is 657 g/mol. The van der Waals surface area contributed by atoms with Gasteiger partial charge in [-0.25, -0.2) is 0 Å². The lowest BCUT2D eigenvalue weighted by molar-refractivity contribution is -0.173. The van der Waals surface area contributed by atoms with E-state index in [9.17, 15) is 29.4 Å². The Labute approximate surface area is 276 Å². The molecule has 2 aromatic carbocycles. The van der Waals surface area contributed by atoms with Crippen LogP contribution in [0.15, 0.2) is 30.3 Å². The van der Waals surface area contributed by atoms with Gasteiger partial charge < -0.3 is 41.2 Å². The smallest absolute Gasteiger partial charge is 0.243 e. The van der Waals surface area contributed by atoms with Crippen molar-refractivity contribution in [2.45, 2.75) is 68.1 Å². The molecule has 13 heteroatoms. The zero-order chi connectivity index (χ0) is 33.4. The van der Waals surface area contributed by atoms with E-state index in [0.717, 1.165) is 52.8 Å². The number of aliphatic hydroxyl groups is 1. The number of benzene rings is 2.